The first-order valence-electron chi connectivity index (χ1n) is 7.44. The molecule has 0 spiro atoms. The van der Waals surface area contributed by atoms with E-state index in [1.807, 2.05) is 35.7 Å². The number of benzene rings is 2. The molecule has 0 aliphatic carbocycles. The summed E-state index contributed by atoms with van der Waals surface area (Å²) in [6.45, 7) is 0. The van der Waals surface area contributed by atoms with Crippen molar-refractivity contribution < 1.29 is 0 Å². The number of aromatic amines is 1. The molecule has 2 aromatic carbocycles. The van der Waals surface area contributed by atoms with Crippen LogP contribution < -0.4 is 0 Å². The third-order valence-electron chi connectivity index (χ3n) is 3.91. The Balaban J connectivity index is 1.52. The lowest BCUT2D eigenvalue weighted by Gasteiger charge is -1.99. The number of rotatable bonds is 4. The van der Waals surface area contributed by atoms with Crippen LogP contribution in [0.2, 0.25) is 0 Å². The number of aryl methyl sites for hydroxylation is 2. The fourth-order valence-electron chi connectivity index (χ4n) is 2.73. The molecule has 0 unspecified atom stereocenters. The molecule has 0 amide bonds. The van der Waals surface area contributed by atoms with E-state index < -0.39 is 0 Å². The number of nitrogens with zero attached hydrogens (tertiary/aromatic N) is 1. The third kappa shape index (κ3) is 2.55. The van der Waals surface area contributed by atoms with Crippen LogP contribution in [0.15, 0.2) is 66.2 Å². The molecular weight excluding hydrogens is 288 g/mol. The standard InChI is InChI=1S/C19H16N2S/c1-2-6-14(7-3-1)17-12-20-19(21-17)11-10-15-13-22-18-9-5-4-8-16(15)18/h1-9,12-13H,10-11H2,(H,20,21). The summed E-state index contributed by atoms with van der Waals surface area (Å²) in [5, 5.41) is 3.65. The second-order valence-electron chi connectivity index (χ2n) is 5.37. The lowest BCUT2D eigenvalue weighted by Crippen LogP contribution is -1.92. The minimum atomic E-state index is 0.938. The van der Waals surface area contributed by atoms with E-state index in [2.05, 4.69) is 51.7 Å². The molecule has 0 saturated carbocycles. The molecule has 1 N–H and O–H groups in total. The maximum atomic E-state index is 4.52. The van der Waals surface area contributed by atoms with Gasteiger partial charge in [-0.2, -0.15) is 0 Å². The van der Waals surface area contributed by atoms with E-state index >= 15 is 0 Å². The molecule has 3 heteroatoms. The van der Waals surface area contributed by atoms with Crippen molar-refractivity contribution in [3.8, 4) is 11.3 Å². The first kappa shape index (κ1) is 13.3. The van der Waals surface area contributed by atoms with Crippen LogP contribution >= 0.6 is 11.3 Å². The molecule has 0 saturated heterocycles. The summed E-state index contributed by atoms with van der Waals surface area (Å²) in [4.78, 5) is 7.95. The van der Waals surface area contributed by atoms with Crippen LogP contribution in [-0.4, -0.2) is 9.97 Å². The van der Waals surface area contributed by atoms with Crippen molar-refractivity contribution in [1.29, 1.82) is 0 Å². The molecule has 4 rings (SSSR count). The fourth-order valence-corrected chi connectivity index (χ4v) is 3.73. The second kappa shape index (κ2) is 5.78. The number of hydrogen-bond acceptors (Lipinski definition) is 2. The number of fused-ring (bicyclic) bond motifs is 1. The van der Waals surface area contributed by atoms with Crippen LogP contribution in [0.1, 0.15) is 11.4 Å². The molecule has 2 heterocycles. The SMILES string of the molecule is c1ccc(-c2cnc(CCc3csc4ccccc34)[nH]2)cc1. The first-order chi connectivity index (χ1) is 10.9. The largest absolute Gasteiger partial charge is 0.342 e. The van der Waals surface area contributed by atoms with Gasteiger partial charge in [-0.3, -0.25) is 0 Å². The van der Waals surface area contributed by atoms with Gasteiger partial charge in [0.05, 0.1) is 11.9 Å². The molecule has 0 aliphatic rings. The quantitative estimate of drug-likeness (QED) is 0.560. The van der Waals surface area contributed by atoms with Gasteiger partial charge < -0.3 is 4.98 Å². The van der Waals surface area contributed by atoms with Gasteiger partial charge >= 0.3 is 0 Å². The summed E-state index contributed by atoms with van der Waals surface area (Å²) in [7, 11) is 0. The average Bonchev–Trinajstić information content (AvgIpc) is 3.21. The van der Waals surface area contributed by atoms with Crippen LogP contribution in [-0.2, 0) is 12.8 Å². The molecule has 0 fully saturated rings. The van der Waals surface area contributed by atoms with Gasteiger partial charge in [-0.1, -0.05) is 48.5 Å². The van der Waals surface area contributed by atoms with Crippen molar-refractivity contribution in [3.05, 3.63) is 77.6 Å². The highest BCUT2D eigenvalue weighted by Gasteiger charge is 2.06. The Kier molecular flexibility index (Phi) is 3.49. The smallest absolute Gasteiger partial charge is 0.106 e. The Morgan fingerprint density at radius 3 is 2.64 bits per heavy atom. The molecule has 0 aliphatic heterocycles. The third-order valence-corrected chi connectivity index (χ3v) is 4.92. The van der Waals surface area contributed by atoms with Gasteiger partial charge in [-0.15, -0.1) is 11.3 Å². The molecular formula is C19H16N2S. The van der Waals surface area contributed by atoms with E-state index in [1.165, 1.54) is 21.2 Å². The van der Waals surface area contributed by atoms with Crippen molar-refractivity contribution in [1.82, 2.24) is 9.97 Å². The Labute approximate surface area is 133 Å². The van der Waals surface area contributed by atoms with E-state index in [-0.39, 0.29) is 0 Å². The fraction of sp³-hybridized carbons (Fsp3) is 0.105. The summed E-state index contributed by atoms with van der Waals surface area (Å²) in [5.74, 6) is 1.05. The average molecular weight is 304 g/mol. The minimum Gasteiger partial charge on any atom is -0.342 e. The molecule has 22 heavy (non-hydrogen) atoms. The van der Waals surface area contributed by atoms with Crippen LogP contribution in [0.3, 0.4) is 0 Å². The normalized spacial score (nSPS) is 11.1. The predicted molar refractivity (Wildman–Crippen MR) is 93.3 cm³/mol. The lowest BCUT2D eigenvalue weighted by molar-refractivity contribution is 0.892. The zero-order chi connectivity index (χ0) is 14.8. The van der Waals surface area contributed by atoms with Crippen molar-refractivity contribution >= 4 is 21.4 Å². The Morgan fingerprint density at radius 2 is 1.73 bits per heavy atom. The molecule has 0 radical (unpaired) electrons. The number of imidazole rings is 1. The van der Waals surface area contributed by atoms with Gasteiger partial charge in [0.2, 0.25) is 0 Å². The van der Waals surface area contributed by atoms with Crippen molar-refractivity contribution in [2.24, 2.45) is 0 Å². The van der Waals surface area contributed by atoms with Crippen LogP contribution in [0, 0.1) is 0 Å². The summed E-state index contributed by atoms with van der Waals surface area (Å²) in [6.07, 6.45) is 3.88. The van der Waals surface area contributed by atoms with E-state index in [0.29, 0.717) is 0 Å². The summed E-state index contributed by atoms with van der Waals surface area (Å²) >= 11 is 1.82. The molecule has 0 bridgehead atoms. The van der Waals surface area contributed by atoms with Gasteiger partial charge in [0, 0.05) is 11.1 Å². The zero-order valence-corrected chi connectivity index (χ0v) is 12.9. The minimum absolute atomic E-state index is 0.938. The van der Waals surface area contributed by atoms with Crippen LogP contribution in [0.5, 0.6) is 0 Å². The second-order valence-corrected chi connectivity index (χ2v) is 6.28. The maximum absolute atomic E-state index is 4.52. The number of aromatic nitrogens is 2. The Morgan fingerprint density at radius 1 is 0.909 bits per heavy atom. The van der Waals surface area contributed by atoms with E-state index in [1.54, 1.807) is 0 Å². The van der Waals surface area contributed by atoms with E-state index in [0.717, 1.165) is 24.4 Å². The molecule has 2 aromatic heterocycles. The van der Waals surface area contributed by atoms with Gasteiger partial charge in [-0.25, -0.2) is 4.98 Å². The van der Waals surface area contributed by atoms with Crippen molar-refractivity contribution in [2.45, 2.75) is 12.8 Å². The number of H-pyrrole nitrogens is 1. The number of hydrogen-bond donors (Lipinski definition) is 1. The summed E-state index contributed by atoms with van der Waals surface area (Å²) in [6, 6.07) is 18.9. The van der Waals surface area contributed by atoms with Crippen molar-refractivity contribution in [2.75, 3.05) is 0 Å². The van der Waals surface area contributed by atoms with E-state index in [9.17, 15) is 0 Å². The topological polar surface area (TPSA) is 28.7 Å². The van der Waals surface area contributed by atoms with Gasteiger partial charge in [-0.05, 0) is 34.4 Å². The van der Waals surface area contributed by atoms with Crippen LogP contribution in [0.4, 0.5) is 0 Å². The van der Waals surface area contributed by atoms with Gasteiger partial charge in [0.1, 0.15) is 5.82 Å². The predicted octanol–water partition coefficient (Wildman–Crippen LogP) is 5.08. The highest BCUT2D eigenvalue weighted by molar-refractivity contribution is 7.17. The molecule has 4 aromatic rings. The van der Waals surface area contributed by atoms with Crippen molar-refractivity contribution in [3.63, 3.8) is 0 Å². The molecule has 2 nitrogen and oxygen atoms in total. The highest BCUT2D eigenvalue weighted by Crippen LogP contribution is 2.26. The molecule has 108 valence electrons. The van der Waals surface area contributed by atoms with Gasteiger partial charge in [0.25, 0.3) is 0 Å². The lowest BCUT2D eigenvalue weighted by atomic mass is 10.1. The Bertz CT molecular complexity index is 890. The first-order valence-corrected chi connectivity index (χ1v) is 8.32. The monoisotopic (exact) mass is 304 g/mol. The number of nitrogens with one attached hydrogen (secondary N) is 1. The Hall–Kier alpha value is -2.39. The summed E-state index contributed by atoms with van der Waals surface area (Å²) in [5.41, 5.74) is 3.69. The summed E-state index contributed by atoms with van der Waals surface area (Å²) < 4.78 is 1.36. The maximum Gasteiger partial charge on any atom is 0.106 e. The zero-order valence-electron chi connectivity index (χ0n) is 12.1. The van der Waals surface area contributed by atoms with Crippen LogP contribution in [0.25, 0.3) is 21.3 Å². The highest BCUT2D eigenvalue weighted by atomic mass is 32.1. The number of thiophene rings is 1. The molecule has 0 atom stereocenters. The van der Waals surface area contributed by atoms with Gasteiger partial charge in [0.15, 0.2) is 0 Å². The van der Waals surface area contributed by atoms with E-state index in [4.69, 9.17) is 0 Å².